The first-order chi connectivity index (χ1) is 6.80. The number of rotatable bonds is 2. The molecule has 0 saturated carbocycles. The summed E-state index contributed by atoms with van der Waals surface area (Å²) in [4.78, 5) is 10.5. The highest BCUT2D eigenvalue weighted by atomic mass is 32.2. The monoisotopic (exact) mass is 229 g/mol. The molecular weight excluding hydrogens is 218 g/mol. The number of benzene rings is 1. The number of anilines is 1. The molecule has 0 aromatic heterocycles. The van der Waals surface area contributed by atoms with Crippen molar-refractivity contribution in [1.82, 2.24) is 0 Å². The number of hydrogen-bond donors (Lipinski definition) is 2. The van der Waals surface area contributed by atoms with Gasteiger partial charge in [0.1, 0.15) is 0 Å². The average Bonchev–Trinajstić information content (AvgIpc) is 2.05. The summed E-state index contributed by atoms with van der Waals surface area (Å²) in [5.41, 5.74) is 0.835. The van der Waals surface area contributed by atoms with E-state index in [0.717, 1.165) is 6.26 Å². The molecule has 0 unspecified atom stereocenters. The van der Waals surface area contributed by atoms with Crippen LogP contribution in [0.5, 0.6) is 0 Å². The van der Waals surface area contributed by atoms with E-state index in [1.165, 1.54) is 12.1 Å². The third-order valence-corrected chi connectivity index (χ3v) is 3.08. The first kappa shape index (κ1) is 11.5. The van der Waals surface area contributed by atoms with Crippen LogP contribution in [0.15, 0.2) is 23.1 Å². The second-order valence-electron chi connectivity index (χ2n) is 3.18. The zero-order chi connectivity index (χ0) is 11.6. The van der Waals surface area contributed by atoms with Crippen LogP contribution >= 0.6 is 0 Å². The molecule has 0 aliphatic heterocycles. The Labute approximate surface area is 87.7 Å². The van der Waals surface area contributed by atoms with E-state index in [0.29, 0.717) is 5.56 Å². The van der Waals surface area contributed by atoms with Crippen molar-refractivity contribution in [3.8, 4) is 0 Å². The number of hydrogen-bond acceptors (Lipinski definition) is 3. The highest BCUT2D eigenvalue weighted by Gasteiger charge is 2.11. The Bertz CT molecular complexity index is 493. The summed E-state index contributed by atoms with van der Waals surface area (Å²) >= 11 is 0. The van der Waals surface area contributed by atoms with Gasteiger partial charge in [-0.15, -0.1) is 0 Å². The summed E-state index contributed by atoms with van der Waals surface area (Å²) in [7, 11) is -3.32. The fourth-order valence-corrected chi connectivity index (χ4v) is 2.19. The molecule has 82 valence electrons. The average molecular weight is 229 g/mol. The Morgan fingerprint density at radius 3 is 2.47 bits per heavy atom. The van der Waals surface area contributed by atoms with Crippen LogP contribution in [0.3, 0.4) is 0 Å². The minimum Gasteiger partial charge on any atom is -0.465 e. The Morgan fingerprint density at radius 2 is 2.00 bits per heavy atom. The lowest BCUT2D eigenvalue weighted by Crippen LogP contribution is -2.08. The molecule has 0 aliphatic rings. The maximum Gasteiger partial charge on any atom is 0.409 e. The molecule has 2 N–H and O–H groups in total. The van der Waals surface area contributed by atoms with E-state index in [-0.39, 0.29) is 10.6 Å². The fourth-order valence-electron chi connectivity index (χ4n) is 1.20. The number of carbonyl (C=O) groups is 1. The van der Waals surface area contributed by atoms with E-state index < -0.39 is 15.9 Å². The Balaban J connectivity index is 3.23. The van der Waals surface area contributed by atoms with Crippen molar-refractivity contribution in [1.29, 1.82) is 0 Å². The van der Waals surface area contributed by atoms with E-state index in [2.05, 4.69) is 5.32 Å². The van der Waals surface area contributed by atoms with Crippen LogP contribution in [-0.2, 0) is 9.84 Å². The lowest BCUT2D eigenvalue weighted by atomic mass is 10.2. The van der Waals surface area contributed by atoms with Gasteiger partial charge in [0.2, 0.25) is 0 Å². The van der Waals surface area contributed by atoms with Crippen molar-refractivity contribution in [3.63, 3.8) is 0 Å². The van der Waals surface area contributed by atoms with Crippen LogP contribution in [0.4, 0.5) is 10.5 Å². The molecule has 0 spiro atoms. The highest BCUT2D eigenvalue weighted by molar-refractivity contribution is 7.90. The maximum atomic E-state index is 11.3. The largest absolute Gasteiger partial charge is 0.465 e. The van der Waals surface area contributed by atoms with E-state index >= 15 is 0 Å². The van der Waals surface area contributed by atoms with Crippen LogP contribution in [0.1, 0.15) is 5.56 Å². The van der Waals surface area contributed by atoms with Gasteiger partial charge < -0.3 is 5.11 Å². The molecule has 5 nitrogen and oxygen atoms in total. The maximum absolute atomic E-state index is 11.3. The molecule has 0 atom stereocenters. The van der Waals surface area contributed by atoms with E-state index in [9.17, 15) is 13.2 Å². The van der Waals surface area contributed by atoms with Crippen molar-refractivity contribution in [2.24, 2.45) is 0 Å². The molecular formula is C9H11NO4S. The van der Waals surface area contributed by atoms with Crippen molar-refractivity contribution >= 4 is 21.6 Å². The number of amides is 1. The van der Waals surface area contributed by atoms with Crippen molar-refractivity contribution in [2.45, 2.75) is 11.8 Å². The molecule has 6 heteroatoms. The molecule has 0 fully saturated rings. The van der Waals surface area contributed by atoms with Gasteiger partial charge in [0.15, 0.2) is 9.84 Å². The predicted octanol–water partition coefficient (Wildman–Crippen LogP) is 1.49. The molecule has 1 rings (SSSR count). The van der Waals surface area contributed by atoms with Gasteiger partial charge in [0.25, 0.3) is 0 Å². The molecule has 0 aliphatic carbocycles. The zero-order valence-corrected chi connectivity index (χ0v) is 9.13. The fraction of sp³-hybridized carbons (Fsp3) is 0.222. The van der Waals surface area contributed by atoms with Crippen molar-refractivity contribution < 1.29 is 18.3 Å². The van der Waals surface area contributed by atoms with Crippen LogP contribution in [0.25, 0.3) is 0 Å². The second-order valence-corrected chi connectivity index (χ2v) is 5.17. The van der Waals surface area contributed by atoms with Gasteiger partial charge >= 0.3 is 6.09 Å². The third-order valence-electron chi connectivity index (χ3n) is 1.84. The summed E-state index contributed by atoms with van der Waals surface area (Å²) in [6.45, 7) is 1.65. The summed E-state index contributed by atoms with van der Waals surface area (Å²) in [6.07, 6.45) is -0.141. The van der Waals surface area contributed by atoms with Gasteiger partial charge in [0.05, 0.1) is 4.90 Å². The van der Waals surface area contributed by atoms with Crippen LogP contribution in [-0.4, -0.2) is 25.9 Å². The lowest BCUT2D eigenvalue weighted by molar-refractivity contribution is 0.209. The molecule has 0 heterocycles. The van der Waals surface area contributed by atoms with Crippen LogP contribution < -0.4 is 5.32 Å². The predicted molar refractivity (Wildman–Crippen MR) is 55.9 cm³/mol. The third kappa shape index (κ3) is 2.95. The lowest BCUT2D eigenvalue weighted by Gasteiger charge is -2.06. The second kappa shape index (κ2) is 3.90. The topological polar surface area (TPSA) is 83.5 Å². The number of carboxylic acid groups (broad SMARTS) is 1. The van der Waals surface area contributed by atoms with Gasteiger partial charge in [-0.05, 0) is 24.6 Å². The van der Waals surface area contributed by atoms with Crippen molar-refractivity contribution in [2.75, 3.05) is 11.6 Å². The zero-order valence-electron chi connectivity index (χ0n) is 8.31. The summed E-state index contributed by atoms with van der Waals surface area (Å²) < 4.78 is 22.6. The van der Waals surface area contributed by atoms with Gasteiger partial charge in [-0.3, -0.25) is 5.32 Å². The molecule has 0 radical (unpaired) electrons. The molecule has 0 bridgehead atoms. The molecule has 1 aromatic carbocycles. The molecule has 1 aromatic rings. The smallest absolute Gasteiger partial charge is 0.409 e. The minimum absolute atomic E-state index is 0.133. The summed E-state index contributed by atoms with van der Waals surface area (Å²) in [6, 6.07) is 4.37. The van der Waals surface area contributed by atoms with Gasteiger partial charge in [-0.1, -0.05) is 6.07 Å². The Kier molecular flexibility index (Phi) is 2.99. The van der Waals surface area contributed by atoms with Crippen molar-refractivity contribution in [3.05, 3.63) is 23.8 Å². The summed E-state index contributed by atoms with van der Waals surface area (Å²) in [5.74, 6) is 0. The quantitative estimate of drug-likeness (QED) is 0.804. The van der Waals surface area contributed by atoms with E-state index in [4.69, 9.17) is 5.11 Å². The molecule has 1 amide bonds. The minimum atomic E-state index is -3.32. The van der Waals surface area contributed by atoms with Crippen LogP contribution in [0.2, 0.25) is 0 Å². The number of aryl methyl sites for hydroxylation is 1. The number of nitrogens with one attached hydrogen (secondary N) is 1. The first-order valence-electron chi connectivity index (χ1n) is 4.11. The number of sulfone groups is 1. The summed E-state index contributed by atoms with van der Waals surface area (Å²) in [5, 5.41) is 10.6. The SMILES string of the molecule is Cc1ccc(NC(=O)O)cc1S(C)(=O)=O. The van der Waals surface area contributed by atoms with E-state index in [1.807, 2.05) is 0 Å². The van der Waals surface area contributed by atoms with Crippen LogP contribution in [0, 0.1) is 6.92 Å². The van der Waals surface area contributed by atoms with E-state index in [1.54, 1.807) is 13.0 Å². The molecule has 0 saturated heterocycles. The highest BCUT2D eigenvalue weighted by Crippen LogP contribution is 2.19. The standard InChI is InChI=1S/C9H11NO4S/c1-6-3-4-7(10-9(11)12)5-8(6)15(2,13)14/h3-5,10H,1-2H3,(H,11,12). The van der Waals surface area contributed by atoms with Gasteiger partial charge in [0, 0.05) is 11.9 Å². The van der Waals surface area contributed by atoms with Gasteiger partial charge in [-0.2, -0.15) is 0 Å². The Hall–Kier alpha value is -1.56. The normalized spacial score (nSPS) is 11.1. The Morgan fingerprint density at radius 1 is 1.40 bits per heavy atom. The van der Waals surface area contributed by atoms with Gasteiger partial charge in [-0.25, -0.2) is 13.2 Å². The first-order valence-corrected chi connectivity index (χ1v) is 6.00. The molecule has 15 heavy (non-hydrogen) atoms.